The Kier molecular flexibility index (Phi) is 5.24. The van der Waals surface area contributed by atoms with Gasteiger partial charge in [-0.1, -0.05) is 12.1 Å². The van der Waals surface area contributed by atoms with E-state index >= 15 is 0 Å². The second-order valence-corrected chi connectivity index (χ2v) is 4.57. The molecule has 0 saturated carbocycles. The number of methoxy groups -OCH3 is 1. The summed E-state index contributed by atoms with van der Waals surface area (Å²) in [5.74, 6) is -3.00. The molecule has 2 aromatic rings. The third-order valence-corrected chi connectivity index (χ3v) is 2.98. The van der Waals surface area contributed by atoms with Crippen LogP contribution in [-0.2, 0) is 9.53 Å². The van der Waals surface area contributed by atoms with E-state index in [1.54, 1.807) is 18.2 Å². The maximum Gasteiger partial charge on any atom is 0.339 e. The molecule has 0 aromatic heterocycles. The SMILES string of the molecule is COC(=O)c1ccccc1NC(=O)CNc1ccc(F)c(F)c1. The summed E-state index contributed by atoms with van der Waals surface area (Å²) in [7, 11) is 1.24. The van der Waals surface area contributed by atoms with Crippen molar-refractivity contribution in [1.82, 2.24) is 0 Å². The van der Waals surface area contributed by atoms with Gasteiger partial charge in [0.1, 0.15) is 0 Å². The number of halogens is 2. The van der Waals surface area contributed by atoms with Crippen molar-refractivity contribution in [2.75, 3.05) is 24.3 Å². The summed E-state index contributed by atoms with van der Waals surface area (Å²) in [5.41, 5.74) is 0.785. The standard InChI is InChI=1S/C16H14F2N2O3/c1-23-16(22)11-4-2-3-5-14(11)20-15(21)9-19-10-6-7-12(17)13(18)8-10/h2-8,19H,9H2,1H3,(H,20,21). The predicted octanol–water partition coefficient (Wildman–Crippen LogP) is 2.80. The Morgan fingerprint density at radius 2 is 1.83 bits per heavy atom. The predicted molar refractivity (Wildman–Crippen MR) is 81.3 cm³/mol. The van der Waals surface area contributed by atoms with Crippen molar-refractivity contribution in [3.8, 4) is 0 Å². The van der Waals surface area contributed by atoms with Gasteiger partial charge in [-0.05, 0) is 24.3 Å². The van der Waals surface area contributed by atoms with E-state index in [0.717, 1.165) is 12.1 Å². The number of carbonyl (C=O) groups is 2. The first-order valence-electron chi connectivity index (χ1n) is 6.67. The number of nitrogens with one attached hydrogen (secondary N) is 2. The maximum absolute atomic E-state index is 13.1. The Morgan fingerprint density at radius 1 is 1.09 bits per heavy atom. The number of rotatable bonds is 5. The van der Waals surface area contributed by atoms with E-state index in [2.05, 4.69) is 15.4 Å². The fraction of sp³-hybridized carbons (Fsp3) is 0.125. The summed E-state index contributed by atoms with van der Waals surface area (Å²) in [4.78, 5) is 23.5. The molecule has 0 atom stereocenters. The molecular formula is C16H14F2N2O3. The van der Waals surface area contributed by atoms with E-state index in [-0.39, 0.29) is 17.8 Å². The summed E-state index contributed by atoms with van der Waals surface area (Å²) in [5, 5.41) is 5.21. The van der Waals surface area contributed by atoms with Crippen molar-refractivity contribution < 1.29 is 23.1 Å². The molecule has 0 aliphatic rings. The molecule has 0 bridgehead atoms. The van der Waals surface area contributed by atoms with Crippen LogP contribution in [0.5, 0.6) is 0 Å². The minimum atomic E-state index is -1.01. The smallest absolute Gasteiger partial charge is 0.339 e. The largest absolute Gasteiger partial charge is 0.465 e. The molecule has 7 heteroatoms. The fourth-order valence-electron chi connectivity index (χ4n) is 1.86. The summed E-state index contributed by atoms with van der Waals surface area (Å²) < 4.78 is 30.5. The van der Waals surface area contributed by atoms with Crippen LogP contribution in [-0.4, -0.2) is 25.5 Å². The lowest BCUT2D eigenvalue weighted by Gasteiger charge is -2.11. The molecule has 0 fully saturated rings. The molecule has 120 valence electrons. The lowest BCUT2D eigenvalue weighted by atomic mass is 10.2. The third-order valence-electron chi connectivity index (χ3n) is 2.98. The van der Waals surface area contributed by atoms with Crippen LogP contribution >= 0.6 is 0 Å². The highest BCUT2D eigenvalue weighted by molar-refractivity contribution is 6.02. The van der Waals surface area contributed by atoms with Gasteiger partial charge in [0.05, 0.1) is 24.9 Å². The van der Waals surface area contributed by atoms with Gasteiger partial charge in [0.25, 0.3) is 0 Å². The molecule has 0 saturated heterocycles. The summed E-state index contributed by atoms with van der Waals surface area (Å²) in [6, 6.07) is 9.60. The highest BCUT2D eigenvalue weighted by atomic mass is 19.2. The molecule has 0 heterocycles. The number of benzene rings is 2. The van der Waals surface area contributed by atoms with Gasteiger partial charge in [0.15, 0.2) is 11.6 Å². The van der Waals surface area contributed by atoms with Crippen molar-refractivity contribution in [3.63, 3.8) is 0 Å². The quantitative estimate of drug-likeness (QED) is 0.831. The average molecular weight is 320 g/mol. The van der Waals surface area contributed by atoms with Crippen LogP contribution in [0.2, 0.25) is 0 Å². The number of hydrogen-bond acceptors (Lipinski definition) is 4. The van der Waals surface area contributed by atoms with Crippen LogP contribution in [0, 0.1) is 11.6 Å². The Bertz CT molecular complexity index is 735. The summed E-state index contributed by atoms with van der Waals surface area (Å²) >= 11 is 0. The van der Waals surface area contributed by atoms with E-state index in [1.165, 1.54) is 19.2 Å². The zero-order valence-corrected chi connectivity index (χ0v) is 12.2. The molecule has 1 amide bonds. The number of hydrogen-bond donors (Lipinski definition) is 2. The second kappa shape index (κ2) is 7.35. The molecular weight excluding hydrogens is 306 g/mol. The maximum atomic E-state index is 13.1. The van der Waals surface area contributed by atoms with Crippen molar-refractivity contribution in [1.29, 1.82) is 0 Å². The van der Waals surface area contributed by atoms with E-state index in [4.69, 9.17) is 0 Å². The van der Waals surface area contributed by atoms with Crippen molar-refractivity contribution in [3.05, 3.63) is 59.7 Å². The normalized spacial score (nSPS) is 10.0. The number of carbonyl (C=O) groups excluding carboxylic acids is 2. The van der Waals surface area contributed by atoms with E-state index in [0.29, 0.717) is 5.69 Å². The molecule has 0 aliphatic carbocycles. The van der Waals surface area contributed by atoms with Crippen LogP contribution < -0.4 is 10.6 Å². The number of para-hydroxylation sites is 1. The van der Waals surface area contributed by atoms with Gasteiger partial charge in [-0.3, -0.25) is 4.79 Å². The van der Waals surface area contributed by atoms with Gasteiger partial charge in [-0.25, -0.2) is 13.6 Å². The summed E-state index contributed by atoms with van der Waals surface area (Å²) in [6.07, 6.45) is 0. The van der Waals surface area contributed by atoms with Crippen LogP contribution in [0.4, 0.5) is 20.2 Å². The van der Waals surface area contributed by atoms with Gasteiger partial charge < -0.3 is 15.4 Å². The molecule has 0 radical (unpaired) electrons. The lowest BCUT2D eigenvalue weighted by Crippen LogP contribution is -2.23. The number of esters is 1. The third kappa shape index (κ3) is 4.26. The fourth-order valence-corrected chi connectivity index (χ4v) is 1.86. The van der Waals surface area contributed by atoms with Gasteiger partial charge in [-0.15, -0.1) is 0 Å². The van der Waals surface area contributed by atoms with Gasteiger partial charge in [-0.2, -0.15) is 0 Å². The number of anilines is 2. The zero-order valence-electron chi connectivity index (χ0n) is 12.2. The van der Waals surface area contributed by atoms with Crippen LogP contribution in [0.25, 0.3) is 0 Å². The molecule has 2 N–H and O–H groups in total. The first-order chi connectivity index (χ1) is 11.0. The monoisotopic (exact) mass is 320 g/mol. The average Bonchev–Trinajstić information content (AvgIpc) is 2.55. The van der Waals surface area contributed by atoms with Crippen molar-refractivity contribution in [2.24, 2.45) is 0 Å². The first kappa shape index (κ1) is 16.4. The van der Waals surface area contributed by atoms with Gasteiger partial charge in [0, 0.05) is 11.8 Å². The molecule has 23 heavy (non-hydrogen) atoms. The molecule has 2 aromatic carbocycles. The highest BCUT2D eigenvalue weighted by Gasteiger charge is 2.13. The molecule has 2 rings (SSSR count). The minimum Gasteiger partial charge on any atom is -0.465 e. The topological polar surface area (TPSA) is 67.4 Å². The Morgan fingerprint density at radius 3 is 2.52 bits per heavy atom. The Labute approximate surface area is 131 Å². The number of ether oxygens (including phenoxy) is 1. The minimum absolute atomic E-state index is 0.180. The van der Waals surface area contributed by atoms with E-state index < -0.39 is 23.5 Å². The number of amides is 1. The highest BCUT2D eigenvalue weighted by Crippen LogP contribution is 2.16. The van der Waals surface area contributed by atoms with E-state index in [9.17, 15) is 18.4 Å². The lowest BCUT2D eigenvalue weighted by molar-refractivity contribution is -0.114. The Balaban J connectivity index is 2.00. The van der Waals surface area contributed by atoms with Crippen LogP contribution in [0.3, 0.4) is 0 Å². The zero-order chi connectivity index (χ0) is 16.8. The van der Waals surface area contributed by atoms with Crippen molar-refractivity contribution in [2.45, 2.75) is 0 Å². The molecule has 0 spiro atoms. The van der Waals surface area contributed by atoms with Gasteiger partial charge >= 0.3 is 5.97 Å². The first-order valence-corrected chi connectivity index (χ1v) is 6.67. The van der Waals surface area contributed by atoms with Crippen LogP contribution in [0.15, 0.2) is 42.5 Å². The van der Waals surface area contributed by atoms with Gasteiger partial charge in [0.2, 0.25) is 5.91 Å². The van der Waals surface area contributed by atoms with Crippen LogP contribution in [0.1, 0.15) is 10.4 Å². The summed E-state index contributed by atoms with van der Waals surface area (Å²) in [6.45, 7) is -0.180. The van der Waals surface area contributed by atoms with E-state index in [1.807, 2.05) is 0 Å². The molecule has 5 nitrogen and oxygen atoms in total. The molecule has 0 aliphatic heterocycles. The Hall–Kier alpha value is -2.96. The second-order valence-electron chi connectivity index (χ2n) is 4.57. The molecule has 0 unspecified atom stereocenters. The van der Waals surface area contributed by atoms with Crippen molar-refractivity contribution >= 4 is 23.3 Å².